The number of urea groups is 1. The molecule has 2 aromatic rings. The van der Waals surface area contributed by atoms with Gasteiger partial charge in [0.05, 0.1) is 23.5 Å². The van der Waals surface area contributed by atoms with Crippen LogP contribution in [0.25, 0.3) is 0 Å². The molecule has 2 N–H and O–H groups in total. The number of anilines is 1. The van der Waals surface area contributed by atoms with Gasteiger partial charge in [-0.1, -0.05) is 11.6 Å². The van der Waals surface area contributed by atoms with Crippen molar-refractivity contribution in [1.82, 2.24) is 15.3 Å². The van der Waals surface area contributed by atoms with Crippen LogP contribution >= 0.6 is 11.6 Å². The van der Waals surface area contributed by atoms with Gasteiger partial charge in [0.1, 0.15) is 6.61 Å². The lowest BCUT2D eigenvalue weighted by atomic mass is 10.4. The summed E-state index contributed by atoms with van der Waals surface area (Å²) in [5, 5.41) is 5.40. The first-order valence-electron chi connectivity index (χ1n) is 6.04. The molecule has 2 rings (SSSR count). The van der Waals surface area contributed by atoms with Crippen molar-refractivity contribution < 1.29 is 13.9 Å². The zero-order valence-electron chi connectivity index (χ0n) is 10.8. The first-order valence-corrected chi connectivity index (χ1v) is 6.41. The highest BCUT2D eigenvalue weighted by atomic mass is 35.5. The molecule has 21 heavy (non-hydrogen) atoms. The van der Waals surface area contributed by atoms with Crippen molar-refractivity contribution in [3.8, 4) is 5.88 Å². The van der Waals surface area contributed by atoms with Gasteiger partial charge in [-0.15, -0.1) is 0 Å². The molecule has 2 aromatic heterocycles. The van der Waals surface area contributed by atoms with Crippen LogP contribution in [0.2, 0.25) is 5.02 Å². The van der Waals surface area contributed by atoms with Gasteiger partial charge in [0.25, 0.3) is 0 Å². The summed E-state index contributed by atoms with van der Waals surface area (Å²) in [6, 6.07) is 4.10. The quantitative estimate of drug-likeness (QED) is 0.832. The molecule has 2 heterocycles. The van der Waals surface area contributed by atoms with Gasteiger partial charge >= 0.3 is 6.03 Å². The summed E-state index contributed by atoms with van der Waals surface area (Å²) < 4.78 is 18.5. The average molecular weight is 311 g/mol. The second-order valence-corrected chi connectivity index (χ2v) is 4.34. The number of hydrogen-bond donors (Lipinski definition) is 2. The lowest BCUT2D eigenvalue weighted by Gasteiger charge is -2.08. The fraction of sp³-hybridized carbons (Fsp3) is 0.154. The summed E-state index contributed by atoms with van der Waals surface area (Å²) in [5.74, 6) is -0.198. The second-order valence-electron chi connectivity index (χ2n) is 3.90. The molecular weight excluding hydrogens is 299 g/mol. The molecule has 0 bridgehead atoms. The van der Waals surface area contributed by atoms with Crippen LogP contribution in [0.15, 0.2) is 36.8 Å². The average Bonchev–Trinajstić information content (AvgIpc) is 2.48. The molecular formula is C13H12ClFN4O2. The predicted molar refractivity (Wildman–Crippen MR) is 76.0 cm³/mol. The molecule has 0 aliphatic heterocycles. The number of pyridine rings is 2. The first kappa shape index (κ1) is 15.0. The van der Waals surface area contributed by atoms with E-state index in [9.17, 15) is 9.18 Å². The second kappa shape index (κ2) is 7.39. The topological polar surface area (TPSA) is 76.1 Å². The van der Waals surface area contributed by atoms with Crippen LogP contribution in [0.5, 0.6) is 5.88 Å². The molecule has 6 nitrogen and oxygen atoms in total. The highest BCUT2D eigenvalue weighted by Gasteiger charge is 2.05. The van der Waals surface area contributed by atoms with Gasteiger partial charge in [0.2, 0.25) is 5.88 Å². The summed E-state index contributed by atoms with van der Waals surface area (Å²) in [5.41, 5.74) is 0.0581. The Morgan fingerprint density at radius 2 is 2.19 bits per heavy atom. The Labute approximate surface area is 125 Å². The van der Waals surface area contributed by atoms with E-state index in [4.69, 9.17) is 16.3 Å². The summed E-state index contributed by atoms with van der Waals surface area (Å²) in [6.07, 6.45) is 3.86. The van der Waals surface area contributed by atoms with Gasteiger partial charge in [0.15, 0.2) is 5.82 Å². The molecule has 2 amide bonds. The highest BCUT2D eigenvalue weighted by molar-refractivity contribution is 6.30. The fourth-order valence-electron chi connectivity index (χ4n) is 1.41. The number of hydrogen-bond acceptors (Lipinski definition) is 4. The zero-order valence-corrected chi connectivity index (χ0v) is 11.6. The van der Waals surface area contributed by atoms with Gasteiger partial charge in [-0.05, 0) is 12.1 Å². The molecule has 0 unspecified atom stereocenters. The van der Waals surface area contributed by atoms with Crippen LogP contribution < -0.4 is 15.4 Å². The van der Waals surface area contributed by atoms with E-state index in [1.54, 1.807) is 12.1 Å². The molecule has 0 aliphatic rings. The number of carbonyl (C=O) groups is 1. The highest BCUT2D eigenvalue weighted by Crippen LogP contribution is 2.11. The van der Waals surface area contributed by atoms with Gasteiger partial charge in [0, 0.05) is 18.5 Å². The third kappa shape index (κ3) is 4.88. The number of carbonyl (C=O) groups excluding carboxylic acids is 1. The van der Waals surface area contributed by atoms with E-state index in [0.29, 0.717) is 10.9 Å². The zero-order chi connectivity index (χ0) is 15.1. The predicted octanol–water partition coefficient (Wildman–Crippen LogP) is 2.47. The van der Waals surface area contributed by atoms with Crippen molar-refractivity contribution in [2.24, 2.45) is 0 Å². The van der Waals surface area contributed by atoms with Gasteiger partial charge < -0.3 is 15.4 Å². The minimum absolute atomic E-state index is 0.0581. The molecule has 0 saturated heterocycles. The van der Waals surface area contributed by atoms with Crippen molar-refractivity contribution in [2.75, 3.05) is 18.5 Å². The molecule has 0 aliphatic carbocycles. The summed E-state index contributed by atoms with van der Waals surface area (Å²) in [7, 11) is 0. The molecule has 110 valence electrons. The normalized spacial score (nSPS) is 10.0. The number of nitrogens with zero attached hydrogens (tertiary/aromatic N) is 2. The summed E-state index contributed by atoms with van der Waals surface area (Å²) in [4.78, 5) is 19.0. The van der Waals surface area contributed by atoms with Gasteiger partial charge in [-0.2, -0.15) is 0 Å². The Kier molecular flexibility index (Phi) is 5.28. The Balaban J connectivity index is 1.70. The number of amides is 2. The maximum absolute atomic E-state index is 13.2. The molecule has 0 radical (unpaired) electrons. The van der Waals surface area contributed by atoms with E-state index < -0.39 is 11.8 Å². The molecule has 0 aromatic carbocycles. The standard InChI is InChI=1S/C13H12ClFN4O2/c14-9-1-2-12(18-7-9)21-6-5-17-13(20)19-11-3-4-16-8-10(11)15/h1-4,7-8H,5-6H2,(H2,16,17,19,20). The molecule has 0 saturated carbocycles. The van der Waals surface area contributed by atoms with Crippen molar-refractivity contribution in [3.63, 3.8) is 0 Å². The Morgan fingerprint density at radius 1 is 1.33 bits per heavy atom. The van der Waals surface area contributed by atoms with Gasteiger partial charge in [-0.3, -0.25) is 4.98 Å². The maximum Gasteiger partial charge on any atom is 0.319 e. The Bertz CT molecular complexity index is 609. The van der Waals surface area contributed by atoms with E-state index in [-0.39, 0.29) is 18.8 Å². The lowest BCUT2D eigenvalue weighted by Crippen LogP contribution is -2.32. The number of aromatic nitrogens is 2. The monoisotopic (exact) mass is 310 g/mol. The number of nitrogens with one attached hydrogen (secondary N) is 2. The number of rotatable bonds is 5. The largest absolute Gasteiger partial charge is 0.476 e. The van der Waals surface area contributed by atoms with Crippen molar-refractivity contribution in [2.45, 2.75) is 0 Å². The Morgan fingerprint density at radius 3 is 2.90 bits per heavy atom. The number of ether oxygens (including phenoxy) is 1. The van der Waals surface area contributed by atoms with Crippen LogP contribution in [0.4, 0.5) is 14.9 Å². The molecule has 0 spiro atoms. The first-order chi connectivity index (χ1) is 10.1. The fourth-order valence-corrected chi connectivity index (χ4v) is 1.52. The van der Waals surface area contributed by atoms with Crippen molar-refractivity contribution in [1.29, 1.82) is 0 Å². The van der Waals surface area contributed by atoms with Crippen LogP contribution in [0.3, 0.4) is 0 Å². The van der Waals surface area contributed by atoms with Crippen LogP contribution in [-0.2, 0) is 0 Å². The Hall–Kier alpha value is -2.41. The van der Waals surface area contributed by atoms with E-state index in [2.05, 4.69) is 20.6 Å². The van der Waals surface area contributed by atoms with E-state index in [1.807, 2.05) is 0 Å². The van der Waals surface area contributed by atoms with Crippen molar-refractivity contribution >= 4 is 23.3 Å². The molecule has 0 atom stereocenters. The lowest BCUT2D eigenvalue weighted by molar-refractivity contribution is 0.246. The smallest absolute Gasteiger partial charge is 0.319 e. The van der Waals surface area contributed by atoms with Crippen LogP contribution in [0.1, 0.15) is 0 Å². The molecule has 8 heteroatoms. The molecule has 0 fully saturated rings. The van der Waals surface area contributed by atoms with E-state index in [0.717, 1.165) is 6.20 Å². The SMILES string of the molecule is O=C(NCCOc1ccc(Cl)cn1)Nc1ccncc1F. The van der Waals surface area contributed by atoms with Crippen LogP contribution in [-0.4, -0.2) is 29.2 Å². The van der Waals surface area contributed by atoms with Crippen LogP contribution in [0, 0.1) is 5.82 Å². The van der Waals surface area contributed by atoms with Crippen molar-refractivity contribution in [3.05, 3.63) is 47.6 Å². The minimum atomic E-state index is -0.603. The number of halogens is 2. The van der Waals surface area contributed by atoms with E-state index in [1.165, 1.54) is 18.5 Å². The third-order valence-corrected chi connectivity index (χ3v) is 2.58. The minimum Gasteiger partial charge on any atom is -0.476 e. The maximum atomic E-state index is 13.2. The summed E-state index contributed by atoms with van der Waals surface area (Å²) in [6.45, 7) is 0.462. The van der Waals surface area contributed by atoms with Gasteiger partial charge in [-0.25, -0.2) is 14.2 Å². The summed E-state index contributed by atoms with van der Waals surface area (Å²) >= 11 is 5.69. The third-order valence-electron chi connectivity index (χ3n) is 2.36. The van der Waals surface area contributed by atoms with E-state index >= 15 is 0 Å².